The van der Waals surface area contributed by atoms with Crippen LogP contribution in [0.2, 0.25) is 0 Å². The van der Waals surface area contributed by atoms with Gasteiger partial charge in [-0.2, -0.15) is 0 Å². The van der Waals surface area contributed by atoms with Crippen LogP contribution in [0, 0.1) is 11.8 Å². The minimum Gasteiger partial charge on any atom is -0.453 e. The molecule has 0 N–H and O–H groups in total. The number of rotatable bonds is 1. The Bertz CT molecular complexity index is 787. The predicted octanol–water partition coefficient (Wildman–Crippen LogP) is 0.750. The van der Waals surface area contributed by atoms with E-state index in [0.29, 0.717) is 5.69 Å². The number of imide groups is 1. The number of fused-ring (bicyclic) bond motifs is 5. The van der Waals surface area contributed by atoms with Crippen LogP contribution in [-0.4, -0.2) is 47.8 Å². The van der Waals surface area contributed by atoms with Gasteiger partial charge in [-0.3, -0.25) is 19.3 Å². The van der Waals surface area contributed by atoms with E-state index in [9.17, 15) is 19.2 Å². The zero-order chi connectivity index (χ0) is 17.0. The molecule has 1 aromatic carbocycles. The third kappa shape index (κ3) is 1.72. The van der Waals surface area contributed by atoms with E-state index < -0.39 is 41.8 Å². The van der Waals surface area contributed by atoms with Crippen molar-refractivity contribution in [2.75, 3.05) is 12.0 Å². The molecule has 0 aliphatic carbocycles. The Labute approximate surface area is 137 Å². The number of carbonyl (C=O) groups is 4. The molecule has 4 rings (SSSR count). The summed E-state index contributed by atoms with van der Waals surface area (Å²) in [5, 5.41) is 0. The van der Waals surface area contributed by atoms with Crippen molar-refractivity contribution >= 4 is 29.4 Å². The lowest BCUT2D eigenvalue weighted by molar-refractivity contribution is -0.128. The molecule has 4 atom stereocenters. The summed E-state index contributed by atoms with van der Waals surface area (Å²) in [7, 11) is 1.21. The number of amides is 3. The second-order valence-electron chi connectivity index (χ2n) is 5.97. The van der Waals surface area contributed by atoms with E-state index in [1.807, 2.05) is 0 Å². The van der Waals surface area contributed by atoms with Crippen LogP contribution >= 0.6 is 0 Å². The highest BCUT2D eigenvalue weighted by atomic mass is 16.5. The smallest absolute Gasteiger partial charge is 0.410 e. The van der Waals surface area contributed by atoms with Gasteiger partial charge in [-0.05, 0) is 18.2 Å². The quantitative estimate of drug-likeness (QED) is 0.711. The topological polar surface area (TPSA) is 84.0 Å². The predicted molar refractivity (Wildman–Crippen MR) is 81.9 cm³/mol. The average Bonchev–Trinajstić information content (AvgIpc) is 3.01. The van der Waals surface area contributed by atoms with Gasteiger partial charge in [-0.25, -0.2) is 9.69 Å². The lowest BCUT2D eigenvalue weighted by Gasteiger charge is -2.32. The maximum atomic E-state index is 12.9. The molecule has 2 bridgehead atoms. The van der Waals surface area contributed by atoms with E-state index in [1.54, 1.807) is 30.3 Å². The van der Waals surface area contributed by atoms with Gasteiger partial charge in [-0.15, -0.1) is 0 Å². The molecule has 3 aliphatic heterocycles. The summed E-state index contributed by atoms with van der Waals surface area (Å²) in [6.07, 6.45) is 2.16. The zero-order valence-electron chi connectivity index (χ0n) is 12.8. The molecule has 3 heterocycles. The molecular weight excluding hydrogens is 312 g/mol. The normalized spacial score (nSPS) is 30.8. The van der Waals surface area contributed by atoms with Crippen molar-refractivity contribution in [1.82, 2.24) is 4.90 Å². The number of ether oxygens (including phenoxy) is 1. The lowest BCUT2D eigenvalue weighted by Crippen LogP contribution is -2.51. The number of hydrogen-bond acceptors (Lipinski definition) is 5. The Kier molecular flexibility index (Phi) is 3.06. The average molecular weight is 326 g/mol. The van der Waals surface area contributed by atoms with E-state index in [-0.39, 0.29) is 5.78 Å². The van der Waals surface area contributed by atoms with Crippen molar-refractivity contribution in [2.24, 2.45) is 11.8 Å². The Balaban J connectivity index is 1.79. The molecule has 0 saturated carbocycles. The summed E-state index contributed by atoms with van der Waals surface area (Å²) in [5.74, 6) is -2.83. The van der Waals surface area contributed by atoms with Gasteiger partial charge >= 0.3 is 6.09 Å². The van der Waals surface area contributed by atoms with Gasteiger partial charge in [-0.1, -0.05) is 24.3 Å². The van der Waals surface area contributed by atoms with Crippen LogP contribution in [0.15, 0.2) is 42.5 Å². The SMILES string of the molecule is COC(=O)N1C2C=CC(=O)C1C1C(=O)N(c3ccccc3)C(=O)C12. The summed E-state index contributed by atoms with van der Waals surface area (Å²) in [6.45, 7) is 0. The van der Waals surface area contributed by atoms with Crippen LogP contribution in [0.25, 0.3) is 0 Å². The van der Waals surface area contributed by atoms with E-state index >= 15 is 0 Å². The molecule has 7 nitrogen and oxygen atoms in total. The minimum absolute atomic E-state index is 0.361. The first-order chi connectivity index (χ1) is 11.6. The molecule has 4 unspecified atom stereocenters. The summed E-state index contributed by atoms with van der Waals surface area (Å²) < 4.78 is 4.73. The van der Waals surface area contributed by atoms with Crippen molar-refractivity contribution in [1.29, 1.82) is 0 Å². The highest BCUT2D eigenvalue weighted by Gasteiger charge is 2.65. The molecular formula is C17H14N2O5. The molecule has 7 heteroatoms. The molecule has 0 aromatic heterocycles. The van der Waals surface area contributed by atoms with Crippen molar-refractivity contribution in [3.8, 4) is 0 Å². The van der Waals surface area contributed by atoms with Crippen LogP contribution in [-0.2, 0) is 19.1 Å². The number of anilines is 1. The number of hydrogen-bond donors (Lipinski definition) is 0. The van der Waals surface area contributed by atoms with Crippen LogP contribution < -0.4 is 4.90 Å². The number of methoxy groups -OCH3 is 1. The Morgan fingerprint density at radius 1 is 1.04 bits per heavy atom. The monoisotopic (exact) mass is 326 g/mol. The van der Waals surface area contributed by atoms with Gasteiger partial charge in [0.05, 0.1) is 30.7 Å². The zero-order valence-corrected chi connectivity index (χ0v) is 12.8. The summed E-state index contributed by atoms with van der Waals surface area (Å²) in [6, 6.07) is 6.96. The third-order valence-electron chi connectivity index (χ3n) is 4.88. The Morgan fingerprint density at radius 2 is 1.71 bits per heavy atom. The van der Waals surface area contributed by atoms with E-state index in [1.165, 1.54) is 24.2 Å². The standard InChI is InChI=1S/C17H14N2O5/c1-24-17(23)19-10-7-8-11(20)14(19)13-12(10)15(21)18(16(13)22)9-5-3-2-4-6-9/h2-8,10,12-14H,1H3. The fourth-order valence-electron chi connectivity index (χ4n) is 3.93. The fraction of sp³-hybridized carbons (Fsp3) is 0.294. The maximum absolute atomic E-state index is 12.9. The second-order valence-corrected chi connectivity index (χ2v) is 5.97. The molecule has 1 aromatic rings. The summed E-state index contributed by atoms with van der Waals surface area (Å²) in [4.78, 5) is 52.5. The van der Waals surface area contributed by atoms with E-state index in [4.69, 9.17) is 4.74 Å². The minimum atomic E-state index is -0.984. The number of carbonyl (C=O) groups excluding carboxylic acids is 4. The summed E-state index contributed by atoms with van der Waals surface area (Å²) >= 11 is 0. The second kappa shape index (κ2) is 5.02. The van der Waals surface area contributed by atoms with Crippen molar-refractivity contribution in [3.05, 3.63) is 42.5 Å². The van der Waals surface area contributed by atoms with Crippen LogP contribution in [0.4, 0.5) is 10.5 Å². The van der Waals surface area contributed by atoms with Crippen LogP contribution in [0.3, 0.4) is 0 Å². The molecule has 3 amide bonds. The lowest BCUT2D eigenvalue weighted by atomic mass is 9.90. The molecule has 3 aliphatic rings. The number of nitrogens with zero attached hydrogens (tertiary/aromatic N) is 2. The van der Waals surface area contributed by atoms with Gasteiger partial charge in [0.2, 0.25) is 11.8 Å². The number of benzene rings is 1. The van der Waals surface area contributed by atoms with E-state index in [0.717, 1.165) is 4.90 Å². The first-order valence-corrected chi connectivity index (χ1v) is 7.57. The van der Waals surface area contributed by atoms with Crippen molar-refractivity contribution < 1.29 is 23.9 Å². The number of para-hydroxylation sites is 1. The molecule has 0 spiro atoms. The Morgan fingerprint density at radius 3 is 2.38 bits per heavy atom. The third-order valence-corrected chi connectivity index (χ3v) is 4.88. The maximum Gasteiger partial charge on any atom is 0.410 e. The highest BCUT2D eigenvalue weighted by molar-refractivity contribution is 6.25. The van der Waals surface area contributed by atoms with Gasteiger partial charge < -0.3 is 4.74 Å². The van der Waals surface area contributed by atoms with Crippen molar-refractivity contribution in [3.63, 3.8) is 0 Å². The fourth-order valence-corrected chi connectivity index (χ4v) is 3.93. The van der Waals surface area contributed by atoms with Crippen molar-refractivity contribution in [2.45, 2.75) is 12.1 Å². The van der Waals surface area contributed by atoms with Gasteiger partial charge in [0.25, 0.3) is 0 Å². The van der Waals surface area contributed by atoms with Crippen LogP contribution in [0.5, 0.6) is 0 Å². The highest BCUT2D eigenvalue weighted by Crippen LogP contribution is 2.46. The molecule has 24 heavy (non-hydrogen) atoms. The molecule has 0 radical (unpaired) electrons. The molecule has 2 saturated heterocycles. The number of ketones is 1. The largest absolute Gasteiger partial charge is 0.453 e. The molecule has 2 fully saturated rings. The first kappa shape index (κ1) is 14.6. The summed E-state index contributed by atoms with van der Waals surface area (Å²) in [5.41, 5.74) is 0.473. The molecule has 122 valence electrons. The first-order valence-electron chi connectivity index (χ1n) is 7.57. The van der Waals surface area contributed by atoms with Gasteiger partial charge in [0.1, 0.15) is 6.04 Å². The van der Waals surface area contributed by atoms with Gasteiger partial charge in [0.15, 0.2) is 5.78 Å². The van der Waals surface area contributed by atoms with Gasteiger partial charge in [0, 0.05) is 0 Å². The Hall–Kier alpha value is -2.96. The van der Waals surface area contributed by atoms with Crippen LogP contribution in [0.1, 0.15) is 0 Å². The van der Waals surface area contributed by atoms with E-state index in [2.05, 4.69) is 0 Å².